The average Bonchev–Trinajstić information content (AvgIpc) is 1.76. The molecule has 0 aliphatic rings. The summed E-state index contributed by atoms with van der Waals surface area (Å²) in [5.41, 5.74) is 0. The van der Waals surface area contributed by atoms with Gasteiger partial charge in [0.1, 0.15) is 0 Å². The summed E-state index contributed by atoms with van der Waals surface area (Å²) in [6, 6.07) is 3.67. The minimum atomic E-state index is 0. The maximum absolute atomic E-state index is 4.58. The van der Waals surface area contributed by atoms with Gasteiger partial charge in [0.15, 0.2) is 0 Å². The Morgan fingerprint density at radius 1 is 1.00 bits per heavy atom. The molecule has 0 saturated heterocycles. The first-order chi connectivity index (χ1) is 2.50. The van der Waals surface area contributed by atoms with Crippen molar-refractivity contribution in [2.45, 2.75) is 0 Å². The summed E-state index contributed by atoms with van der Waals surface area (Å²) in [5, 5.41) is 0. The third kappa shape index (κ3) is 1.04. The monoisotopic (exact) mass is 77.0 g/mol. The van der Waals surface area contributed by atoms with E-state index in [1.165, 1.54) is 0 Å². The van der Waals surface area contributed by atoms with E-state index in [-0.39, 0.29) is 10.1 Å². The van der Waals surface area contributed by atoms with Crippen molar-refractivity contribution < 1.29 is 4.42 Å². The fraction of sp³-hybridized carbons (Fsp3) is 0. The Balaban J connectivity index is 0.000000250. The molecule has 0 atom stereocenters. The molecule has 0 bridgehead atoms. The molecule has 0 N–H and O–H groups in total. The predicted octanol–water partition coefficient (Wildman–Crippen LogP) is 0.899. The van der Waals surface area contributed by atoms with Crippen molar-refractivity contribution >= 4 is 10.1 Å². The quantitative estimate of drug-likeness (QED) is 0.419. The maximum Gasteiger partial charge on any atom is 0.0902 e. The van der Waals surface area contributed by atoms with E-state index in [1.54, 1.807) is 12.5 Å². The molecular weight excluding hydrogens is 73.1 g/mol. The number of hydrogen-bond acceptors (Lipinski definition) is 1. The normalized spacial score (nSPS) is 6.67. The first-order valence-corrected chi connectivity index (χ1v) is 1.47. The van der Waals surface area contributed by atoms with Gasteiger partial charge >= 0.3 is 0 Å². The molecule has 1 nitrogen and oxygen atoms in total. The van der Waals surface area contributed by atoms with Crippen LogP contribution in [-0.2, 0) is 0 Å². The molecule has 1 aromatic rings. The number of furan rings is 1. The van der Waals surface area contributed by atoms with Crippen molar-refractivity contribution in [1.29, 1.82) is 0 Å². The van der Waals surface area contributed by atoms with Crippen LogP contribution in [-0.4, -0.2) is 10.1 Å². The van der Waals surface area contributed by atoms with Gasteiger partial charge in [-0.15, -0.1) is 0 Å². The number of hydrogen-bond donors (Lipinski definition) is 0. The van der Waals surface area contributed by atoms with Gasteiger partial charge < -0.3 is 4.42 Å². The second-order valence-electron chi connectivity index (χ2n) is 0.793. The van der Waals surface area contributed by atoms with Gasteiger partial charge in [0.05, 0.1) is 12.5 Å². The zero-order valence-corrected chi connectivity index (χ0v) is 3.42. The standard InChI is InChI=1S/C4H4O.Be/c1-2-4-5-3-1;/h1-4H;. The molecule has 0 unspecified atom stereocenters. The molecule has 1 heterocycles. The summed E-state index contributed by atoms with van der Waals surface area (Å²) in [6.07, 6.45) is 3.25. The van der Waals surface area contributed by atoms with E-state index in [4.69, 9.17) is 0 Å². The van der Waals surface area contributed by atoms with Crippen LogP contribution in [0.5, 0.6) is 0 Å². The van der Waals surface area contributed by atoms with Crippen LogP contribution in [0.25, 0.3) is 0 Å². The van der Waals surface area contributed by atoms with E-state index in [0.717, 1.165) is 0 Å². The number of rotatable bonds is 0. The van der Waals surface area contributed by atoms with E-state index < -0.39 is 0 Å². The van der Waals surface area contributed by atoms with Gasteiger partial charge in [0.25, 0.3) is 0 Å². The van der Waals surface area contributed by atoms with Crippen LogP contribution in [0.1, 0.15) is 0 Å². The third-order valence-corrected chi connectivity index (χ3v) is 0.425. The van der Waals surface area contributed by atoms with Crippen LogP contribution >= 0.6 is 0 Å². The van der Waals surface area contributed by atoms with Crippen molar-refractivity contribution in [1.82, 2.24) is 0 Å². The Labute approximate surface area is 40.2 Å². The Morgan fingerprint density at radius 2 is 1.50 bits per heavy atom. The first kappa shape index (κ1) is 5.45. The predicted molar refractivity (Wildman–Crippen MR) is 24.5 cm³/mol. The third-order valence-electron chi connectivity index (χ3n) is 0.425. The summed E-state index contributed by atoms with van der Waals surface area (Å²) in [6.45, 7) is 0. The fourth-order valence-corrected chi connectivity index (χ4v) is 0.227. The molecule has 0 amide bonds. The molecule has 2 heteroatoms. The topological polar surface area (TPSA) is 13.1 Å². The molecule has 0 saturated carbocycles. The summed E-state index contributed by atoms with van der Waals surface area (Å²) in [7, 11) is 0. The minimum Gasteiger partial charge on any atom is -0.473 e. The first-order valence-electron chi connectivity index (χ1n) is 1.47. The second kappa shape index (κ2) is 2.67. The molecule has 0 spiro atoms. The Hall–Kier alpha value is -0.551. The van der Waals surface area contributed by atoms with Crippen LogP contribution in [0.2, 0.25) is 0 Å². The SMILES string of the molecule is [Be].c1ccoc1. The molecule has 2 radical (unpaired) electrons. The van der Waals surface area contributed by atoms with E-state index >= 15 is 0 Å². The molecule has 0 aromatic carbocycles. The van der Waals surface area contributed by atoms with Crippen LogP contribution in [0, 0.1) is 0 Å². The van der Waals surface area contributed by atoms with Crippen LogP contribution < -0.4 is 0 Å². The zero-order valence-electron chi connectivity index (χ0n) is 3.42. The smallest absolute Gasteiger partial charge is 0.0902 e. The van der Waals surface area contributed by atoms with Crippen molar-refractivity contribution in [3.05, 3.63) is 24.7 Å². The molecule has 1 rings (SSSR count). The van der Waals surface area contributed by atoms with Gasteiger partial charge in [-0.3, -0.25) is 0 Å². The Morgan fingerprint density at radius 3 is 1.67 bits per heavy atom. The molecule has 0 aliphatic heterocycles. The van der Waals surface area contributed by atoms with E-state index in [2.05, 4.69) is 4.42 Å². The van der Waals surface area contributed by atoms with Gasteiger partial charge in [-0.05, 0) is 12.1 Å². The largest absolute Gasteiger partial charge is 0.473 e. The van der Waals surface area contributed by atoms with E-state index in [9.17, 15) is 0 Å². The van der Waals surface area contributed by atoms with Gasteiger partial charge in [0.2, 0.25) is 0 Å². The summed E-state index contributed by atoms with van der Waals surface area (Å²) >= 11 is 0. The van der Waals surface area contributed by atoms with Gasteiger partial charge in [-0.2, -0.15) is 0 Å². The van der Waals surface area contributed by atoms with E-state index in [1.807, 2.05) is 12.1 Å². The Kier molecular flexibility index (Phi) is 2.43. The molecule has 0 fully saturated rings. The molecular formula is C4H4BeO. The van der Waals surface area contributed by atoms with Crippen molar-refractivity contribution in [3.8, 4) is 0 Å². The summed E-state index contributed by atoms with van der Waals surface area (Å²) < 4.78 is 4.58. The van der Waals surface area contributed by atoms with Gasteiger partial charge in [-0.1, -0.05) is 0 Å². The maximum atomic E-state index is 4.58. The van der Waals surface area contributed by atoms with Crippen molar-refractivity contribution in [3.63, 3.8) is 0 Å². The van der Waals surface area contributed by atoms with E-state index in [0.29, 0.717) is 0 Å². The fourth-order valence-electron chi connectivity index (χ4n) is 0.227. The van der Waals surface area contributed by atoms with Crippen molar-refractivity contribution in [2.24, 2.45) is 0 Å². The van der Waals surface area contributed by atoms with Crippen LogP contribution in [0.4, 0.5) is 0 Å². The second-order valence-corrected chi connectivity index (χ2v) is 0.793. The minimum absolute atomic E-state index is 0. The summed E-state index contributed by atoms with van der Waals surface area (Å²) in [4.78, 5) is 0. The molecule has 6 heavy (non-hydrogen) atoms. The zero-order chi connectivity index (χ0) is 3.54. The Bertz CT molecular complexity index is 64.0. The van der Waals surface area contributed by atoms with Gasteiger partial charge in [0, 0.05) is 10.1 Å². The van der Waals surface area contributed by atoms with Crippen LogP contribution in [0.15, 0.2) is 29.1 Å². The average molecular weight is 77.1 g/mol. The molecule has 28 valence electrons. The van der Waals surface area contributed by atoms with Crippen molar-refractivity contribution in [2.75, 3.05) is 0 Å². The van der Waals surface area contributed by atoms with Gasteiger partial charge in [-0.25, -0.2) is 0 Å². The molecule has 0 aliphatic carbocycles. The summed E-state index contributed by atoms with van der Waals surface area (Å²) in [5.74, 6) is 0. The molecule has 1 aromatic heterocycles. The van der Waals surface area contributed by atoms with Crippen LogP contribution in [0.3, 0.4) is 0 Å².